The van der Waals surface area contributed by atoms with Crippen molar-refractivity contribution in [2.45, 2.75) is 45.4 Å². The molecule has 0 N–H and O–H groups in total. The Hall–Kier alpha value is -0.500. The van der Waals surface area contributed by atoms with E-state index in [1.165, 1.54) is 60.8 Å². The lowest BCUT2D eigenvalue weighted by atomic mass is 9.49. The van der Waals surface area contributed by atoms with Crippen molar-refractivity contribution in [3.8, 4) is 0 Å². The third kappa shape index (κ3) is 2.44. The Balaban J connectivity index is 1.57. The zero-order valence-corrected chi connectivity index (χ0v) is 14.8. The van der Waals surface area contributed by atoms with Crippen molar-refractivity contribution >= 4 is 21.6 Å². The lowest BCUT2D eigenvalue weighted by Gasteiger charge is -2.57. The first kappa shape index (κ1) is 14.1. The van der Waals surface area contributed by atoms with Crippen LogP contribution in [0.4, 0.5) is 5.69 Å². The molecule has 4 aliphatic rings. The van der Waals surface area contributed by atoms with E-state index in [4.69, 9.17) is 0 Å². The number of hydrogen-bond donors (Lipinski definition) is 0. The maximum Gasteiger partial charge on any atom is 0.0404 e. The highest BCUT2D eigenvalue weighted by Crippen LogP contribution is 2.60. The van der Waals surface area contributed by atoms with Crippen LogP contribution >= 0.6 is 15.9 Å². The zero-order chi connectivity index (χ0) is 14.6. The van der Waals surface area contributed by atoms with E-state index in [0.717, 1.165) is 17.8 Å². The van der Waals surface area contributed by atoms with Gasteiger partial charge in [0.25, 0.3) is 0 Å². The van der Waals surface area contributed by atoms with E-state index in [9.17, 15) is 0 Å². The molecule has 0 unspecified atom stereocenters. The fourth-order valence-electron chi connectivity index (χ4n) is 6.08. The average Bonchev–Trinajstić information content (AvgIpc) is 2.39. The Morgan fingerprint density at radius 3 is 2.24 bits per heavy atom. The molecule has 1 aromatic carbocycles. The minimum atomic E-state index is 0.623. The molecule has 2 heteroatoms. The van der Waals surface area contributed by atoms with Crippen molar-refractivity contribution in [2.75, 3.05) is 18.5 Å². The van der Waals surface area contributed by atoms with Gasteiger partial charge in [-0.25, -0.2) is 0 Å². The molecule has 114 valence electrons. The van der Waals surface area contributed by atoms with Gasteiger partial charge in [0.1, 0.15) is 0 Å². The van der Waals surface area contributed by atoms with Crippen molar-refractivity contribution in [2.24, 2.45) is 23.2 Å². The Bertz CT molecular complexity index is 515. The molecule has 0 spiro atoms. The van der Waals surface area contributed by atoms with Gasteiger partial charge in [-0.2, -0.15) is 0 Å². The number of halogens is 1. The van der Waals surface area contributed by atoms with Crippen LogP contribution in [0.5, 0.6) is 0 Å². The maximum absolute atomic E-state index is 3.68. The van der Waals surface area contributed by atoms with Crippen LogP contribution in [-0.2, 0) is 0 Å². The van der Waals surface area contributed by atoms with Crippen molar-refractivity contribution in [3.63, 3.8) is 0 Å². The van der Waals surface area contributed by atoms with E-state index in [2.05, 4.69) is 53.0 Å². The average molecular weight is 348 g/mol. The van der Waals surface area contributed by atoms with Crippen LogP contribution in [0.1, 0.15) is 44.1 Å². The molecule has 0 atom stereocenters. The molecule has 0 saturated heterocycles. The van der Waals surface area contributed by atoms with Crippen LogP contribution in [0.2, 0.25) is 0 Å². The molecule has 0 amide bonds. The summed E-state index contributed by atoms with van der Waals surface area (Å²) in [5.74, 6) is 3.15. The largest absolute Gasteiger partial charge is 0.374 e. The molecule has 0 aromatic heterocycles. The molecule has 21 heavy (non-hydrogen) atoms. The zero-order valence-electron chi connectivity index (χ0n) is 13.2. The topological polar surface area (TPSA) is 3.24 Å². The predicted octanol–water partition coefficient (Wildman–Crippen LogP) is 5.41. The summed E-state index contributed by atoms with van der Waals surface area (Å²) >= 11 is 3.68. The van der Waals surface area contributed by atoms with Crippen LogP contribution in [0.3, 0.4) is 0 Å². The monoisotopic (exact) mass is 347 g/mol. The van der Waals surface area contributed by atoms with Gasteiger partial charge in [-0.05, 0) is 86.3 Å². The van der Waals surface area contributed by atoms with Gasteiger partial charge in [0.2, 0.25) is 0 Å². The third-order valence-corrected chi connectivity index (χ3v) is 7.25. The molecule has 0 aliphatic heterocycles. The molecule has 1 nitrogen and oxygen atoms in total. The quantitative estimate of drug-likeness (QED) is 0.706. The molecular weight excluding hydrogens is 322 g/mol. The van der Waals surface area contributed by atoms with Gasteiger partial charge in [-0.3, -0.25) is 0 Å². The summed E-state index contributed by atoms with van der Waals surface area (Å²) < 4.78 is 1.23. The molecule has 0 radical (unpaired) electrons. The number of rotatable bonds is 3. The fourth-order valence-corrected chi connectivity index (χ4v) is 6.44. The second kappa shape index (κ2) is 5.01. The van der Waals surface area contributed by atoms with Crippen molar-refractivity contribution in [1.82, 2.24) is 0 Å². The second-order valence-electron chi connectivity index (χ2n) is 8.16. The number of benzene rings is 1. The fraction of sp³-hybridized carbons (Fsp3) is 0.684. The lowest BCUT2D eigenvalue weighted by molar-refractivity contribution is -0.0472. The maximum atomic E-state index is 3.68. The Labute approximate surface area is 137 Å². The van der Waals surface area contributed by atoms with Gasteiger partial charge in [0, 0.05) is 23.8 Å². The highest BCUT2D eigenvalue weighted by atomic mass is 79.9. The highest BCUT2D eigenvalue weighted by Gasteiger charge is 2.51. The van der Waals surface area contributed by atoms with Crippen LogP contribution < -0.4 is 4.90 Å². The van der Waals surface area contributed by atoms with Gasteiger partial charge in [0.15, 0.2) is 0 Å². The summed E-state index contributed by atoms with van der Waals surface area (Å²) in [6.07, 6.45) is 9.11. The predicted molar refractivity (Wildman–Crippen MR) is 92.8 cm³/mol. The Morgan fingerprint density at radius 1 is 1.10 bits per heavy atom. The smallest absolute Gasteiger partial charge is 0.0404 e. The first-order chi connectivity index (χ1) is 10.0. The van der Waals surface area contributed by atoms with E-state index in [-0.39, 0.29) is 0 Å². The second-order valence-corrected chi connectivity index (χ2v) is 9.01. The lowest BCUT2D eigenvalue weighted by Crippen LogP contribution is -2.50. The molecule has 4 aliphatic carbocycles. The van der Waals surface area contributed by atoms with E-state index < -0.39 is 0 Å². The van der Waals surface area contributed by atoms with Gasteiger partial charge in [0.05, 0.1) is 0 Å². The molecule has 5 rings (SSSR count). The van der Waals surface area contributed by atoms with E-state index in [0.29, 0.717) is 5.41 Å². The minimum Gasteiger partial charge on any atom is -0.374 e. The van der Waals surface area contributed by atoms with Crippen molar-refractivity contribution in [1.29, 1.82) is 0 Å². The van der Waals surface area contributed by atoms with Gasteiger partial charge >= 0.3 is 0 Å². The minimum absolute atomic E-state index is 0.623. The molecule has 1 aromatic rings. The summed E-state index contributed by atoms with van der Waals surface area (Å²) in [5.41, 5.74) is 3.41. The van der Waals surface area contributed by atoms with Crippen LogP contribution in [0.25, 0.3) is 0 Å². The first-order valence-corrected chi connectivity index (χ1v) is 9.30. The molecular formula is C19H26BrN. The van der Waals surface area contributed by atoms with E-state index >= 15 is 0 Å². The summed E-state index contributed by atoms with van der Waals surface area (Å²) in [6.45, 7) is 3.49. The summed E-state index contributed by atoms with van der Waals surface area (Å²) in [7, 11) is 2.30. The molecule has 0 heterocycles. The highest BCUT2D eigenvalue weighted by molar-refractivity contribution is 9.10. The SMILES string of the molecule is Cc1c(Br)cccc1N(C)CC12CC3CC(CC(C3)C1)C2. The van der Waals surface area contributed by atoms with Crippen LogP contribution in [0.15, 0.2) is 22.7 Å². The van der Waals surface area contributed by atoms with E-state index in [1.54, 1.807) is 0 Å². The molecule has 4 fully saturated rings. The Kier molecular flexibility index (Phi) is 3.37. The molecule has 4 bridgehead atoms. The van der Waals surface area contributed by atoms with Gasteiger partial charge < -0.3 is 4.90 Å². The normalized spacial score (nSPS) is 37.0. The van der Waals surface area contributed by atoms with Crippen molar-refractivity contribution < 1.29 is 0 Å². The number of nitrogens with zero attached hydrogens (tertiary/aromatic N) is 1. The number of hydrogen-bond acceptors (Lipinski definition) is 1. The summed E-state index contributed by atoms with van der Waals surface area (Å²) in [6, 6.07) is 6.60. The standard InChI is InChI=1S/C19H26BrN/c1-13-17(20)4-3-5-18(13)21(2)12-19-9-14-6-15(10-19)8-16(7-14)11-19/h3-5,14-16H,6-12H2,1-2H3. The van der Waals surface area contributed by atoms with Crippen molar-refractivity contribution in [3.05, 3.63) is 28.2 Å². The van der Waals surface area contributed by atoms with Gasteiger partial charge in [-0.15, -0.1) is 0 Å². The Morgan fingerprint density at radius 2 is 1.67 bits per heavy atom. The van der Waals surface area contributed by atoms with Crippen LogP contribution in [0, 0.1) is 30.1 Å². The third-order valence-electron chi connectivity index (χ3n) is 6.39. The van der Waals surface area contributed by atoms with Crippen LogP contribution in [-0.4, -0.2) is 13.6 Å². The number of anilines is 1. The molecule has 4 saturated carbocycles. The van der Waals surface area contributed by atoms with Gasteiger partial charge in [-0.1, -0.05) is 22.0 Å². The summed E-state index contributed by atoms with van der Waals surface area (Å²) in [5, 5.41) is 0. The first-order valence-electron chi connectivity index (χ1n) is 8.51. The van der Waals surface area contributed by atoms with E-state index in [1.807, 2.05) is 0 Å². The summed E-state index contributed by atoms with van der Waals surface area (Å²) in [4.78, 5) is 2.53.